The minimum absolute atomic E-state index is 0. The average molecular weight is 538 g/mol. The van der Waals surface area contributed by atoms with Crippen LogP contribution in [0.15, 0.2) is 23.2 Å². The third-order valence-corrected chi connectivity index (χ3v) is 4.69. The van der Waals surface area contributed by atoms with Gasteiger partial charge < -0.3 is 20.3 Å². The normalized spacial score (nSPS) is 17.2. The van der Waals surface area contributed by atoms with Gasteiger partial charge in [0.25, 0.3) is 0 Å². The fourth-order valence-corrected chi connectivity index (χ4v) is 3.27. The number of hydrogen-bond acceptors (Lipinski definition) is 3. The van der Waals surface area contributed by atoms with Gasteiger partial charge in [0.05, 0.1) is 0 Å². The van der Waals surface area contributed by atoms with Gasteiger partial charge >= 0.3 is 6.09 Å². The number of carbonyl (C=O) groups is 1. The topological polar surface area (TPSA) is 66.0 Å². The van der Waals surface area contributed by atoms with Crippen LogP contribution in [0, 0.1) is 17.6 Å². The Morgan fingerprint density at radius 3 is 2.70 bits per heavy atom. The molecule has 170 valence electrons. The molecule has 0 bridgehead atoms. The summed E-state index contributed by atoms with van der Waals surface area (Å²) < 4.78 is 32.4. The highest BCUT2D eigenvalue weighted by Crippen LogP contribution is 2.21. The molecule has 30 heavy (non-hydrogen) atoms. The first-order chi connectivity index (χ1) is 13.7. The highest BCUT2D eigenvalue weighted by atomic mass is 127. The average Bonchev–Trinajstić information content (AvgIpc) is 2.66. The zero-order valence-corrected chi connectivity index (χ0v) is 20.5. The molecule has 1 aliphatic rings. The molecule has 0 aromatic heterocycles. The fraction of sp³-hybridized carbons (Fsp3) is 0.619. The second-order valence-corrected chi connectivity index (χ2v) is 8.31. The van der Waals surface area contributed by atoms with Crippen LogP contribution in [0.3, 0.4) is 0 Å². The predicted molar refractivity (Wildman–Crippen MR) is 125 cm³/mol. The van der Waals surface area contributed by atoms with E-state index in [1.54, 1.807) is 11.9 Å². The molecule has 1 amide bonds. The monoisotopic (exact) mass is 538 g/mol. The maximum Gasteiger partial charge on any atom is 0.410 e. The molecule has 1 aromatic carbocycles. The molecule has 0 aliphatic carbocycles. The Kier molecular flexibility index (Phi) is 10.8. The number of carbonyl (C=O) groups excluding carboxylic acids is 1. The van der Waals surface area contributed by atoms with Crippen LogP contribution in [0.25, 0.3) is 0 Å². The Bertz CT molecular complexity index is 725. The van der Waals surface area contributed by atoms with E-state index in [9.17, 15) is 13.6 Å². The number of likely N-dealkylation sites (tertiary alicyclic amines) is 1. The number of piperidine rings is 1. The number of rotatable bonds is 5. The molecule has 1 aliphatic heterocycles. The van der Waals surface area contributed by atoms with Crippen LogP contribution in [0.4, 0.5) is 13.6 Å². The van der Waals surface area contributed by atoms with E-state index >= 15 is 0 Å². The Hall–Kier alpha value is -1.65. The molecule has 1 saturated heterocycles. The lowest BCUT2D eigenvalue weighted by molar-refractivity contribution is 0.0162. The second-order valence-electron chi connectivity index (χ2n) is 8.31. The molecule has 0 spiro atoms. The minimum atomic E-state index is -0.495. The third-order valence-electron chi connectivity index (χ3n) is 4.69. The van der Waals surface area contributed by atoms with E-state index in [1.807, 2.05) is 20.8 Å². The van der Waals surface area contributed by atoms with Gasteiger partial charge in [-0.2, -0.15) is 0 Å². The summed E-state index contributed by atoms with van der Waals surface area (Å²) in [6.07, 6.45) is 2.62. The lowest BCUT2D eigenvalue weighted by atomic mass is 9.95. The lowest BCUT2D eigenvalue weighted by Gasteiger charge is -2.34. The Morgan fingerprint density at radius 1 is 1.30 bits per heavy atom. The molecule has 1 aromatic rings. The van der Waals surface area contributed by atoms with Crippen LogP contribution in [-0.2, 0) is 11.3 Å². The number of halogens is 3. The number of aliphatic imine (C=N–C) groups is 1. The van der Waals surface area contributed by atoms with Gasteiger partial charge in [0.2, 0.25) is 0 Å². The van der Waals surface area contributed by atoms with Crippen LogP contribution in [-0.4, -0.2) is 49.2 Å². The molecule has 2 rings (SSSR count). The van der Waals surface area contributed by atoms with E-state index in [-0.39, 0.29) is 42.2 Å². The Balaban J connectivity index is 0.00000450. The summed E-state index contributed by atoms with van der Waals surface area (Å²) >= 11 is 0. The lowest BCUT2D eigenvalue weighted by Crippen LogP contribution is -2.44. The summed E-state index contributed by atoms with van der Waals surface area (Å²) in [5.74, 6) is -0.0345. The maximum atomic E-state index is 13.7. The molecule has 1 unspecified atom stereocenters. The molecule has 2 N–H and O–H groups in total. The quantitative estimate of drug-likeness (QED) is 0.334. The molecule has 1 atom stereocenters. The van der Waals surface area contributed by atoms with Crippen LogP contribution < -0.4 is 10.6 Å². The molecular formula is C21H33F2IN4O2. The highest BCUT2D eigenvalue weighted by molar-refractivity contribution is 14.0. The van der Waals surface area contributed by atoms with E-state index in [0.29, 0.717) is 25.0 Å². The first kappa shape index (κ1) is 26.4. The van der Waals surface area contributed by atoms with Gasteiger partial charge in [-0.05, 0) is 64.2 Å². The smallest absolute Gasteiger partial charge is 0.410 e. The van der Waals surface area contributed by atoms with Crippen molar-refractivity contribution in [1.82, 2.24) is 15.5 Å². The van der Waals surface area contributed by atoms with Crippen molar-refractivity contribution >= 4 is 36.0 Å². The summed E-state index contributed by atoms with van der Waals surface area (Å²) in [5.41, 5.74) is -0.251. The summed E-state index contributed by atoms with van der Waals surface area (Å²) in [7, 11) is 1.63. The largest absolute Gasteiger partial charge is 0.444 e. The molecule has 6 nitrogen and oxygen atoms in total. The minimum Gasteiger partial charge on any atom is -0.444 e. The summed E-state index contributed by atoms with van der Waals surface area (Å²) in [6, 6.07) is 3.38. The number of benzene rings is 1. The number of amides is 1. The van der Waals surface area contributed by atoms with Gasteiger partial charge in [-0.25, -0.2) is 13.6 Å². The van der Waals surface area contributed by atoms with Gasteiger partial charge in [0.1, 0.15) is 17.2 Å². The zero-order valence-electron chi connectivity index (χ0n) is 18.1. The SMILES string of the molecule is CN=C(NCCC1CCCN(C(=O)OC(C)(C)C)C1)NCc1cc(F)ccc1F.I. The number of nitrogens with zero attached hydrogens (tertiary/aromatic N) is 2. The second kappa shape index (κ2) is 12.3. The van der Waals surface area contributed by atoms with Gasteiger partial charge in [-0.1, -0.05) is 0 Å². The number of ether oxygens (including phenoxy) is 1. The van der Waals surface area contributed by atoms with Crippen LogP contribution >= 0.6 is 24.0 Å². The van der Waals surface area contributed by atoms with Crippen molar-refractivity contribution in [3.8, 4) is 0 Å². The first-order valence-electron chi connectivity index (χ1n) is 10.0. The van der Waals surface area contributed by atoms with Gasteiger partial charge in [0.15, 0.2) is 5.96 Å². The molecule has 1 fully saturated rings. The highest BCUT2D eigenvalue weighted by Gasteiger charge is 2.27. The third kappa shape index (κ3) is 9.01. The van der Waals surface area contributed by atoms with Gasteiger partial charge in [-0.15, -0.1) is 24.0 Å². The molecule has 0 radical (unpaired) electrons. The molecule has 9 heteroatoms. The Morgan fingerprint density at radius 2 is 2.03 bits per heavy atom. The van der Waals surface area contributed by atoms with E-state index in [1.165, 1.54) is 6.07 Å². The van der Waals surface area contributed by atoms with Crippen LogP contribution in [0.2, 0.25) is 0 Å². The summed E-state index contributed by atoms with van der Waals surface area (Å²) in [5, 5.41) is 6.18. The van der Waals surface area contributed by atoms with E-state index in [4.69, 9.17) is 4.74 Å². The van der Waals surface area contributed by atoms with Crippen LogP contribution in [0.1, 0.15) is 45.6 Å². The number of guanidine groups is 1. The maximum absolute atomic E-state index is 13.7. The molecule has 0 saturated carbocycles. The van der Waals surface area contributed by atoms with Crippen molar-refractivity contribution in [2.75, 3.05) is 26.7 Å². The molecular weight excluding hydrogens is 505 g/mol. The van der Waals surface area contributed by atoms with Crippen molar-refractivity contribution in [3.05, 3.63) is 35.4 Å². The van der Waals surface area contributed by atoms with Crippen molar-refractivity contribution in [3.63, 3.8) is 0 Å². The van der Waals surface area contributed by atoms with Crippen molar-refractivity contribution in [2.24, 2.45) is 10.9 Å². The van der Waals surface area contributed by atoms with Crippen molar-refractivity contribution in [2.45, 2.75) is 52.2 Å². The summed E-state index contributed by atoms with van der Waals surface area (Å²) in [4.78, 5) is 18.2. The number of nitrogens with one attached hydrogen (secondary N) is 2. The number of hydrogen-bond donors (Lipinski definition) is 2. The predicted octanol–water partition coefficient (Wildman–Crippen LogP) is 4.29. The van der Waals surface area contributed by atoms with Crippen molar-refractivity contribution < 1.29 is 18.3 Å². The van der Waals surface area contributed by atoms with E-state index < -0.39 is 17.2 Å². The van der Waals surface area contributed by atoms with E-state index in [2.05, 4.69) is 15.6 Å². The standard InChI is InChI=1S/C21H32F2N4O2.HI/c1-21(2,3)29-20(28)27-11-5-6-15(14-27)9-10-25-19(24-4)26-13-16-12-17(22)7-8-18(16)23;/h7-8,12,15H,5-6,9-11,13-14H2,1-4H3,(H2,24,25,26);1H. The Labute approximate surface area is 194 Å². The molecule has 1 heterocycles. The van der Waals surface area contributed by atoms with Gasteiger partial charge in [0, 0.05) is 38.8 Å². The zero-order chi connectivity index (χ0) is 21.4. The fourth-order valence-electron chi connectivity index (χ4n) is 3.27. The first-order valence-corrected chi connectivity index (χ1v) is 10.0. The van der Waals surface area contributed by atoms with Crippen molar-refractivity contribution in [1.29, 1.82) is 0 Å². The van der Waals surface area contributed by atoms with Gasteiger partial charge in [-0.3, -0.25) is 4.99 Å². The summed E-state index contributed by atoms with van der Waals surface area (Å²) in [6.45, 7) is 7.80. The van der Waals surface area contributed by atoms with E-state index in [0.717, 1.165) is 37.9 Å². The van der Waals surface area contributed by atoms with Crippen LogP contribution in [0.5, 0.6) is 0 Å².